The number of benzene rings is 2. The zero-order valence-corrected chi connectivity index (χ0v) is 16.2. The van der Waals surface area contributed by atoms with Gasteiger partial charge in [0, 0.05) is 70.7 Å². The summed E-state index contributed by atoms with van der Waals surface area (Å²) in [6.07, 6.45) is 3.83. The van der Waals surface area contributed by atoms with E-state index < -0.39 is 0 Å². The number of pyridine rings is 1. The number of imidazole rings is 1. The van der Waals surface area contributed by atoms with Crippen LogP contribution in [-0.2, 0) is 52.8 Å². The zero-order valence-electron chi connectivity index (χ0n) is 11.0. The van der Waals surface area contributed by atoms with Crippen LogP contribution in [0.1, 0.15) is 0 Å². The number of rotatable bonds is 0. The molecule has 0 fully saturated rings. The predicted molar refractivity (Wildman–Crippen MR) is 75.5 cm³/mol. The average Bonchev–Trinajstić information content (AvgIpc) is 2.89. The molecule has 0 unspecified atom stereocenters. The maximum absolute atomic E-state index is 4.43. The quantitative estimate of drug-likeness (QED) is 0.258. The Balaban J connectivity index is 0.000000667. The Kier molecular flexibility index (Phi) is 6.03. The first-order valence-electron chi connectivity index (χ1n) is 5.59. The third-order valence-corrected chi connectivity index (χ3v) is 3.17. The Morgan fingerprint density at radius 1 is 1.00 bits per heavy atom. The van der Waals surface area contributed by atoms with Gasteiger partial charge in [0.2, 0.25) is 0 Å². The first-order valence-corrected chi connectivity index (χ1v) is 5.59. The van der Waals surface area contributed by atoms with Gasteiger partial charge in [0.05, 0.1) is 5.65 Å². The van der Waals surface area contributed by atoms with Crippen LogP contribution in [0.3, 0.4) is 0 Å². The molecule has 2 heterocycles. The molecular formula is C16H12IrN2Y-2. The molecule has 100 valence electrons. The van der Waals surface area contributed by atoms with Gasteiger partial charge in [-0.1, -0.05) is 23.6 Å². The van der Waals surface area contributed by atoms with Gasteiger partial charge in [-0.3, -0.25) is 4.98 Å². The Labute approximate surface area is 156 Å². The summed E-state index contributed by atoms with van der Waals surface area (Å²) >= 11 is 0. The van der Waals surface area contributed by atoms with Crippen LogP contribution in [0.4, 0.5) is 0 Å². The minimum absolute atomic E-state index is 0. The molecule has 4 rings (SSSR count). The number of aromatic nitrogens is 2. The zero-order chi connectivity index (χ0) is 11.2. The van der Waals surface area contributed by atoms with Crippen LogP contribution in [0.2, 0.25) is 0 Å². The van der Waals surface area contributed by atoms with Crippen molar-refractivity contribution in [3.8, 4) is 0 Å². The molecule has 2 nitrogen and oxygen atoms in total. The summed E-state index contributed by atoms with van der Waals surface area (Å²) in [4.78, 5) is 4.43. The largest absolute Gasteiger partial charge is 0.358 e. The van der Waals surface area contributed by atoms with Crippen LogP contribution < -0.4 is 0 Å². The molecule has 2 aromatic carbocycles. The van der Waals surface area contributed by atoms with Crippen molar-refractivity contribution < 1.29 is 52.8 Å². The summed E-state index contributed by atoms with van der Waals surface area (Å²) in [6.45, 7) is 0. The second-order valence-electron chi connectivity index (χ2n) is 4.10. The summed E-state index contributed by atoms with van der Waals surface area (Å²) in [6, 6.07) is 17.8. The first kappa shape index (κ1) is 17.5. The molecule has 0 aliphatic carbocycles. The Bertz CT molecular complexity index is 785. The fraction of sp³-hybridized carbons (Fsp3) is 0. The van der Waals surface area contributed by atoms with E-state index in [9.17, 15) is 0 Å². The molecule has 20 heavy (non-hydrogen) atoms. The van der Waals surface area contributed by atoms with Crippen molar-refractivity contribution in [2.24, 2.45) is 0 Å². The minimum atomic E-state index is 0. The van der Waals surface area contributed by atoms with E-state index in [2.05, 4.69) is 45.8 Å². The van der Waals surface area contributed by atoms with E-state index in [4.69, 9.17) is 0 Å². The van der Waals surface area contributed by atoms with Crippen molar-refractivity contribution in [3.63, 3.8) is 0 Å². The molecular weight excluding hydrogens is 501 g/mol. The molecule has 4 heteroatoms. The normalized spacial score (nSPS) is 9.80. The van der Waals surface area contributed by atoms with Crippen LogP contribution in [0, 0.1) is 13.5 Å². The van der Waals surface area contributed by atoms with E-state index in [0.717, 1.165) is 11.0 Å². The number of fused-ring (bicyclic) bond motifs is 6. The van der Waals surface area contributed by atoms with Crippen LogP contribution in [0.25, 0.3) is 27.3 Å². The summed E-state index contributed by atoms with van der Waals surface area (Å²) < 4.78 is 2.12. The van der Waals surface area contributed by atoms with Gasteiger partial charge in [-0.15, -0.1) is 29.7 Å². The molecule has 4 aromatic rings. The predicted octanol–water partition coefficient (Wildman–Crippen LogP) is 3.89. The Hall–Kier alpha value is -0.597. The molecule has 0 aliphatic heterocycles. The Morgan fingerprint density at radius 2 is 1.75 bits per heavy atom. The molecule has 0 amide bonds. The first-order chi connectivity index (χ1) is 8.45. The number of para-hydroxylation sites is 1. The van der Waals surface area contributed by atoms with Gasteiger partial charge < -0.3 is 11.8 Å². The van der Waals surface area contributed by atoms with Gasteiger partial charge in [-0.2, -0.15) is 0 Å². The van der Waals surface area contributed by atoms with Gasteiger partial charge >= 0.3 is 0 Å². The molecule has 0 bridgehead atoms. The summed E-state index contributed by atoms with van der Waals surface area (Å²) in [7, 11) is 0. The SMILES string of the molecule is [CH3-].[Ir].[Y].[c-]1cccc2c1c1nccn1c1ccccc21. The number of hydrogen-bond acceptors (Lipinski definition) is 1. The molecule has 2 aromatic heterocycles. The van der Waals surface area contributed by atoms with Crippen LogP contribution in [0.15, 0.2) is 54.9 Å². The van der Waals surface area contributed by atoms with Gasteiger partial charge in [-0.25, -0.2) is 0 Å². The topological polar surface area (TPSA) is 17.3 Å². The van der Waals surface area contributed by atoms with E-state index in [1.165, 1.54) is 16.3 Å². The van der Waals surface area contributed by atoms with Crippen molar-refractivity contribution >= 4 is 27.3 Å². The van der Waals surface area contributed by atoms with E-state index in [1.807, 2.05) is 24.5 Å². The summed E-state index contributed by atoms with van der Waals surface area (Å²) in [5.41, 5.74) is 2.16. The van der Waals surface area contributed by atoms with E-state index in [0.29, 0.717) is 0 Å². The van der Waals surface area contributed by atoms with Crippen molar-refractivity contribution in [2.45, 2.75) is 0 Å². The van der Waals surface area contributed by atoms with E-state index in [1.54, 1.807) is 0 Å². The van der Waals surface area contributed by atoms with Crippen molar-refractivity contribution in [1.82, 2.24) is 9.38 Å². The third-order valence-electron chi connectivity index (χ3n) is 3.17. The molecule has 0 aliphatic rings. The van der Waals surface area contributed by atoms with E-state index >= 15 is 0 Å². The van der Waals surface area contributed by atoms with Gasteiger partial charge in [0.15, 0.2) is 0 Å². The smallest absolute Gasteiger partial charge is 0.0608 e. The van der Waals surface area contributed by atoms with Crippen molar-refractivity contribution in [2.75, 3.05) is 0 Å². The Morgan fingerprint density at radius 3 is 2.60 bits per heavy atom. The average molecular weight is 513 g/mol. The van der Waals surface area contributed by atoms with Gasteiger partial charge in [-0.05, 0) is 11.5 Å². The molecule has 0 N–H and O–H groups in total. The second-order valence-corrected chi connectivity index (χ2v) is 4.10. The molecule has 2 radical (unpaired) electrons. The van der Waals surface area contributed by atoms with Crippen LogP contribution in [0.5, 0.6) is 0 Å². The fourth-order valence-electron chi connectivity index (χ4n) is 2.44. The second kappa shape index (κ2) is 6.91. The van der Waals surface area contributed by atoms with Gasteiger partial charge in [0.1, 0.15) is 0 Å². The van der Waals surface area contributed by atoms with E-state index in [-0.39, 0.29) is 60.2 Å². The minimum Gasteiger partial charge on any atom is -0.358 e. The van der Waals surface area contributed by atoms with Crippen molar-refractivity contribution in [3.05, 3.63) is 68.4 Å². The summed E-state index contributed by atoms with van der Waals surface area (Å²) in [5.74, 6) is 0. The molecule has 0 saturated heterocycles. The molecule has 0 spiro atoms. The van der Waals surface area contributed by atoms with Crippen LogP contribution in [-0.4, -0.2) is 9.38 Å². The maximum Gasteiger partial charge on any atom is 0.0608 e. The fourth-order valence-corrected chi connectivity index (χ4v) is 2.44. The van der Waals surface area contributed by atoms with Crippen molar-refractivity contribution in [1.29, 1.82) is 0 Å². The molecule has 0 atom stereocenters. The third kappa shape index (κ3) is 2.49. The molecule has 0 saturated carbocycles. The number of nitrogens with zero attached hydrogens (tertiary/aromatic N) is 2. The van der Waals surface area contributed by atoms with Gasteiger partial charge in [0.25, 0.3) is 0 Å². The number of hydrogen-bond donors (Lipinski definition) is 0. The standard InChI is InChI=1S/C15H9N2.CH3.Ir.Y/c1-2-7-13-11(5-1)12-6-3-4-8-14(12)17-10-9-16-15(13)17;;;/h1-6,8-10H;1H3;;/q2*-1;;. The monoisotopic (exact) mass is 514 g/mol. The summed E-state index contributed by atoms with van der Waals surface area (Å²) in [5, 5.41) is 3.53. The maximum atomic E-state index is 4.43. The van der Waals surface area contributed by atoms with Crippen LogP contribution >= 0.6 is 0 Å².